The van der Waals surface area contributed by atoms with Crippen LogP contribution in [0.25, 0.3) is 0 Å². The molecule has 0 saturated heterocycles. The maximum absolute atomic E-state index is 14.4. The standard InChI is InChI=1S/C24H14F12O2/c25-21(26,27)19(22(28,29)30,13-4-8-17(37)9-5-13)15-2-1-3-16(12-15)20(23(31,32)33,24(34,35)36)14-6-10-18(38)11-7-14/h1-12,37-38H. The van der Waals surface area contributed by atoms with E-state index in [9.17, 15) is 62.9 Å². The highest BCUT2D eigenvalue weighted by Gasteiger charge is 2.75. The molecule has 38 heavy (non-hydrogen) atoms. The van der Waals surface area contributed by atoms with Gasteiger partial charge in [0.25, 0.3) is 0 Å². The maximum Gasteiger partial charge on any atom is 0.411 e. The Morgan fingerprint density at radius 2 is 0.632 bits per heavy atom. The molecular formula is C24H14F12O2. The Morgan fingerprint density at radius 3 is 0.868 bits per heavy atom. The Hall–Kier alpha value is -3.58. The highest BCUT2D eigenvalue weighted by molar-refractivity contribution is 5.51. The first-order valence-corrected chi connectivity index (χ1v) is 10.2. The van der Waals surface area contributed by atoms with Crippen molar-refractivity contribution in [2.75, 3.05) is 0 Å². The second kappa shape index (κ2) is 9.02. The molecule has 0 unspecified atom stereocenters. The van der Waals surface area contributed by atoms with Crippen molar-refractivity contribution in [1.29, 1.82) is 0 Å². The normalized spacial score (nSPS) is 14.0. The fourth-order valence-electron chi connectivity index (χ4n) is 4.37. The summed E-state index contributed by atoms with van der Waals surface area (Å²) in [5.74, 6) is -1.50. The summed E-state index contributed by atoms with van der Waals surface area (Å²) < 4.78 is 172. The third kappa shape index (κ3) is 4.29. The van der Waals surface area contributed by atoms with Crippen LogP contribution in [0.15, 0.2) is 72.8 Å². The first-order chi connectivity index (χ1) is 17.2. The van der Waals surface area contributed by atoms with Crippen LogP contribution in [-0.2, 0) is 10.8 Å². The topological polar surface area (TPSA) is 40.5 Å². The van der Waals surface area contributed by atoms with E-state index in [2.05, 4.69) is 0 Å². The maximum atomic E-state index is 14.4. The smallest absolute Gasteiger partial charge is 0.411 e. The predicted octanol–water partition coefficient (Wildman–Crippen LogP) is 7.92. The molecule has 0 amide bonds. The largest absolute Gasteiger partial charge is 0.508 e. The minimum atomic E-state index is -6.32. The lowest BCUT2D eigenvalue weighted by molar-refractivity contribution is -0.289. The van der Waals surface area contributed by atoms with Crippen LogP contribution in [0.1, 0.15) is 22.3 Å². The van der Waals surface area contributed by atoms with E-state index < -0.39 is 75.4 Å². The Balaban J connectivity index is 2.52. The van der Waals surface area contributed by atoms with Crippen molar-refractivity contribution in [3.05, 3.63) is 95.1 Å². The molecule has 0 fully saturated rings. The Morgan fingerprint density at radius 1 is 0.368 bits per heavy atom. The summed E-state index contributed by atoms with van der Waals surface area (Å²) in [6, 6.07) is 2.70. The number of hydrogen-bond donors (Lipinski definition) is 2. The summed E-state index contributed by atoms with van der Waals surface area (Å²) in [7, 11) is 0. The van der Waals surface area contributed by atoms with Gasteiger partial charge >= 0.3 is 24.7 Å². The summed E-state index contributed by atoms with van der Waals surface area (Å²) in [6.45, 7) is 0. The number of alkyl halides is 12. The average molecular weight is 562 g/mol. The van der Waals surface area contributed by atoms with Crippen LogP contribution in [0.3, 0.4) is 0 Å². The number of rotatable bonds is 4. The first-order valence-electron chi connectivity index (χ1n) is 10.2. The summed E-state index contributed by atoms with van der Waals surface area (Å²) >= 11 is 0. The number of phenolic OH excluding ortho intramolecular Hbond substituents is 2. The van der Waals surface area contributed by atoms with Gasteiger partial charge in [0.05, 0.1) is 0 Å². The van der Waals surface area contributed by atoms with E-state index in [-0.39, 0.29) is 42.5 Å². The molecule has 2 nitrogen and oxygen atoms in total. The van der Waals surface area contributed by atoms with E-state index in [0.717, 1.165) is 0 Å². The minimum Gasteiger partial charge on any atom is -0.508 e. The zero-order valence-electron chi connectivity index (χ0n) is 18.4. The van der Waals surface area contributed by atoms with Crippen LogP contribution in [0.2, 0.25) is 0 Å². The van der Waals surface area contributed by atoms with Gasteiger partial charge in [0.15, 0.2) is 0 Å². The van der Waals surface area contributed by atoms with Crippen LogP contribution in [-0.4, -0.2) is 34.9 Å². The van der Waals surface area contributed by atoms with Gasteiger partial charge in [-0.05, 0) is 46.5 Å². The second-order valence-electron chi connectivity index (χ2n) is 8.17. The average Bonchev–Trinajstić information content (AvgIpc) is 2.74. The zero-order chi connectivity index (χ0) is 28.9. The van der Waals surface area contributed by atoms with Crippen molar-refractivity contribution in [2.45, 2.75) is 35.5 Å². The fraction of sp³-hybridized carbons (Fsp3) is 0.250. The number of halogens is 12. The highest BCUT2D eigenvalue weighted by atomic mass is 19.4. The van der Waals surface area contributed by atoms with Gasteiger partial charge in [-0.15, -0.1) is 0 Å². The van der Waals surface area contributed by atoms with E-state index in [4.69, 9.17) is 0 Å². The van der Waals surface area contributed by atoms with Gasteiger partial charge in [-0.3, -0.25) is 0 Å². The molecular weight excluding hydrogens is 548 g/mol. The lowest BCUT2D eigenvalue weighted by Gasteiger charge is -2.41. The van der Waals surface area contributed by atoms with Crippen molar-refractivity contribution >= 4 is 0 Å². The van der Waals surface area contributed by atoms with Crippen LogP contribution >= 0.6 is 0 Å². The van der Waals surface area contributed by atoms with Crippen molar-refractivity contribution < 1.29 is 62.9 Å². The number of aromatic hydroxyl groups is 2. The van der Waals surface area contributed by atoms with Crippen molar-refractivity contribution in [3.8, 4) is 11.5 Å². The summed E-state index contributed by atoms with van der Waals surface area (Å²) in [5.41, 5.74) is -17.3. The van der Waals surface area contributed by atoms with Crippen LogP contribution < -0.4 is 0 Å². The third-order valence-corrected chi connectivity index (χ3v) is 6.03. The lowest BCUT2D eigenvalue weighted by atomic mass is 9.68. The third-order valence-electron chi connectivity index (χ3n) is 6.03. The summed E-state index contributed by atoms with van der Waals surface area (Å²) in [5, 5.41) is 18.7. The van der Waals surface area contributed by atoms with E-state index in [1.165, 1.54) is 0 Å². The van der Waals surface area contributed by atoms with Gasteiger partial charge in [0.1, 0.15) is 11.5 Å². The molecule has 14 heteroatoms. The molecule has 0 saturated carbocycles. The Labute approximate surface area is 205 Å². The molecule has 0 heterocycles. The van der Waals surface area contributed by atoms with E-state index in [1.807, 2.05) is 0 Å². The predicted molar refractivity (Wildman–Crippen MR) is 108 cm³/mol. The van der Waals surface area contributed by atoms with Gasteiger partial charge < -0.3 is 10.2 Å². The zero-order valence-corrected chi connectivity index (χ0v) is 18.4. The molecule has 3 aromatic rings. The van der Waals surface area contributed by atoms with Crippen LogP contribution in [0.5, 0.6) is 11.5 Å². The van der Waals surface area contributed by atoms with Gasteiger partial charge in [-0.25, -0.2) is 0 Å². The van der Waals surface area contributed by atoms with Gasteiger partial charge in [-0.1, -0.05) is 48.5 Å². The molecule has 3 aromatic carbocycles. The number of phenols is 2. The van der Waals surface area contributed by atoms with Crippen molar-refractivity contribution in [3.63, 3.8) is 0 Å². The second-order valence-corrected chi connectivity index (χ2v) is 8.17. The van der Waals surface area contributed by atoms with Gasteiger partial charge in [0, 0.05) is 0 Å². The molecule has 2 N–H and O–H groups in total. The molecule has 0 spiro atoms. The molecule has 0 radical (unpaired) electrons. The monoisotopic (exact) mass is 562 g/mol. The van der Waals surface area contributed by atoms with Crippen LogP contribution in [0.4, 0.5) is 52.7 Å². The minimum absolute atomic E-state index is 0.117. The molecule has 0 aromatic heterocycles. The molecule has 3 rings (SSSR count). The lowest BCUT2D eigenvalue weighted by Crippen LogP contribution is -2.56. The van der Waals surface area contributed by atoms with E-state index in [1.54, 1.807) is 0 Å². The molecule has 206 valence electrons. The molecule has 0 aliphatic heterocycles. The number of hydrogen-bond acceptors (Lipinski definition) is 2. The quantitative estimate of drug-likeness (QED) is 0.317. The molecule has 0 aliphatic rings. The van der Waals surface area contributed by atoms with Gasteiger partial charge in [-0.2, -0.15) is 52.7 Å². The number of benzene rings is 3. The van der Waals surface area contributed by atoms with Crippen molar-refractivity contribution in [1.82, 2.24) is 0 Å². The summed E-state index contributed by atoms with van der Waals surface area (Å²) in [4.78, 5) is 0. The molecule has 0 bridgehead atoms. The van der Waals surface area contributed by atoms with E-state index in [0.29, 0.717) is 24.3 Å². The van der Waals surface area contributed by atoms with Gasteiger partial charge in [0.2, 0.25) is 10.8 Å². The Kier molecular flexibility index (Phi) is 6.88. The highest BCUT2D eigenvalue weighted by Crippen LogP contribution is 2.59. The van der Waals surface area contributed by atoms with Crippen molar-refractivity contribution in [2.24, 2.45) is 0 Å². The molecule has 0 aliphatic carbocycles. The molecule has 0 atom stereocenters. The SMILES string of the molecule is Oc1ccc(C(c2cccc(C(c3ccc(O)cc3)(C(F)(F)F)C(F)(F)F)c2)(C(F)(F)F)C(F)(F)F)cc1. The summed E-state index contributed by atoms with van der Waals surface area (Å²) in [6.07, 6.45) is -25.3. The van der Waals surface area contributed by atoms with Crippen LogP contribution in [0, 0.1) is 0 Å². The van der Waals surface area contributed by atoms with E-state index >= 15 is 0 Å². The Bertz CT molecular complexity index is 1140. The first kappa shape index (κ1) is 29.0. The fourth-order valence-corrected chi connectivity index (χ4v) is 4.37.